The Labute approximate surface area is 205 Å². The van der Waals surface area contributed by atoms with Crippen LogP contribution in [0.3, 0.4) is 0 Å². The van der Waals surface area contributed by atoms with Crippen LogP contribution in [-0.2, 0) is 26.2 Å². The van der Waals surface area contributed by atoms with Crippen molar-refractivity contribution >= 4 is 43.5 Å². The van der Waals surface area contributed by atoms with Gasteiger partial charge in [0, 0.05) is 17.1 Å². The predicted octanol–water partition coefficient (Wildman–Crippen LogP) is 3.86. The molecule has 0 aliphatic carbocycles. The van der Waals surface area contributed by atoms with Gasteiger partial charge in [-0.1, -0.05) is 52.7 Å². The van der Waals surface area contributed by atoms with Crippen LogP contribution in [0, 0.1) is 6.92 Å². The lowest BCUT2D eigenvalue weighted by Gasteiger charge is -2.32. The highest BCUT2D eigenvalue weighted by atomic mass is 79.9. The lowest BCUT2D eigenvalue weighted by molar-refractivity contribution is -0.139. The van der Waals surface area contributed by atoms with Gasteiger partial charge < -0.3 is 10.2 Å². The Morgan fingerprint density at radius 2 is 1.61 bits per heavy atom. The number of nitrogens with one attached hydrogen (secondary N) is 1. The molecular weight excluding hydrogens is 506 g/mol. The molecule has 0 heterocycles. The Morgan fingerprint density at radius 1 is 1.03 bits per heavy atom. The summed E-state index contributed by atoms with van der Waals surface area (Å²) in [4.78, 5) is 27.7. The van der Waals surface area contributed by atoms with E-state index in [9.17, 15) is 18.0 Å². The molecule has 0 aromatic heterocycles. The standard InChI is InChI=1S/C24H32BrN3O4S/c1-6-18(3)26-24(30)19(4)27(15-20-9-11-21(25)12-10-20)23(29)16-28(33(5,31)32)22-13-7-17(2)8-14-22/h7-14,18-19H,6,15-16H2,1-5H3,(H,26,30)/t18-,19+/m1/s1. The van der Waals surface area contributed by atoms with Gasteiger partial charge in [0.25, 0.3) is 0 Å². The van der Waals surface area contributed by atoms with Gasteiger partial charge in [-0.05, 0) is 57.0 Å². The molecule has 2 rings (SSSR count). The second-order valence-corrected chi connectivity index (χ2v) is 11.1. The number of carbonyl (C=O) groups excluding carboxylic acids is 2. The summed E-state index contributed by atoms with van der Waals surface area (Å²) in [5, 5.41) is 2.91. The number of aryl methyl sites for hydroxylation is 1. The van der Waals surface area contributed by atoms with Crippen molar-refractivity contribution in [2.75, 3.05) is 17.1 Å². The summed E-state index contributed by atoms with van der Waals surface area (Å²) < 4.78 is 27.0. The second kappa shape index (κ2) is 11.7. The number of sulfonamides is 1. The Hall–Kier alpha value is -2.39. The molecule has 180 valence electrons. The Morgan fingerprint density at radius 3 is 2.12 bits per heavy atom. The molecule has 0 aliphatic heterocycles. The van der Waals surface area contributed by atoms with Crippen molar-refractivity contribution in [2.45, 2.75) is 52.7 Å². The van der Waals surface area contributed by atoms with E-state index in [0.717, 1.165) is 32.6 Å². The number of hydrogen-bond acceptors (Lipinski definition) is 4. The van der Waals surface area contributed by atoms with Gasteiger partial charge in [0.05, 0.1) is 11.9 Å². The number of anilines is 1. The zero-order valence-corrected chi connectivity index (χ0v) is 22.1. The number of rotatable bonds is 10. The molecule has 0 saturated heterocycles. The molecule has 2 aromatic rings. The average molecular weight is 539 g/mol. The lowest BCUT2D eigenvalue weighted by atomic mass is 10.1. The number of hydrogen-bond donors (Lipinski definition) is 1. The first-order chi connectivity index (χ1) is 15.4. The van der Waals surface area contributed by atoms with Crippen LogP contribution < -0.4 is 9.62 Å². The van der Waals surface area contributed by atoms with Gasteiger partial charge in [0.1, 0.15) is 12.6 Å². The van der Waals surface area contributed by atoms with E-state index >= 15 is 0 Å². The maximum absolute atomic E-state index is 13.4. The summed E-state index contributed by atoms with van der Waals surface area (Å²) in [6, 6.07) is 13.5. The third-order valence-corrected chi connectivity index (χ3v) is 7.10. The van der Waals surface area contributed by atoms with E-state index in [1.807, 2.05) is 45.0 Å². The minimum atomic E-state index is -3.73. The molecule has 9 heteroatoms. The lowest BCUT2D eigenvalue weighted by Crippen LogP contribution is -2.52. The van der Waals surface area contributed by atoms with Gasteiger partial charge >= 0.3 is 0 Å². The Balaban J connectivity index is 2.36. The first-order valence-electron chi connectivity index (χ1n) is 10.8. The molecule has 2 aromatic carbocycles. The fraction of sp³-hybridized carbons (Fsp3) is 0.417. The molecule has 7 nitrogen and oxygen atoms in total. The maximum atomic E-state index is 13.4. The van der Waals surface area contributed by atoms with E-state index in [4.69, 9.17) is 0 Å². The highest BCUT2D eigenvalue weighted by molar-refractivity contribution is 9.10. The first kappa shape index (κ1) is 26.9. The summed E-state index contributed by atoms with van der Waals surface area (Å²) >= 11 is 3.40. The first-order valence-corrected chi connectivity index (χ1v) is 13.4. The van der Waals surface area contributed by atoms with E-state index in [0.29, 0.717) is 5.69 Å². The average Bonchev–Trinajstić information content (AvgIpc) is 2.76. The number of carbonyl (C=O) groups is 2. The molecule has 2 amide bonds. The summed E-state index contributed by atoms with van der Waals surface area (Å²) in [5.41, 5.74) is 2.21. The largest absolute Gasteiger partial charge is 0.352 e. The highest BCUT2D eigenvalue weighted by Crippen LogP contribution is 2.20. The Kier molecular flexibility index (Phi) is 9.48. The molecule has 0 fully saturated rings. The van der Waals surface area contributed by atoms with Crippen LogP contribution >= 0.6 is 15.9 Å². The van der Waals surface area contributed by atoms with Crippen LogP contribution in [-0.4, -0.2) is 50.0 Å². The van der Waals surface area contributed by atoms with Gasteiger partial charge in [0.2, 0.25) is 21.8 Å². The van der Waals surface area contributed by atoms with E-state index in [-0.39, 0.29) is 18.5 Å². The normalized spacial score (nSPS) is 13.2. The topological polar surface area (TPSA) is 86.8 Å². The molecule has 0 radical (unpaired) electrons. The molecule has 0 bridgehead atoms. The summed E-state index contributed by atoms with van der Waals surface area (Å²) in [7, 11) is -3.73. The predicted molar refractivity (Wildman–Crippen MR) is 135 cm³/mol. The highest BCUT2D eigenvalue weighted by Gasteiger charge is 2.30. The fourth-order valence-corrected chi connectivity index (χ4v) is 4.27. The molecule has 0 spiro atoms. The number of benzene rings is 2. The second-order valence-electron chi connectivity index (χ2n) is 8.25. The summed E-state index contributed by atoms with van der Waals surface area (Å²) in [6.45, 7) is 7.19. The molecule has 2 atom stereocenters. The van der Waals surface area contributed by atoms with Gasteiger partial charge in [-0.3, -0.25) is 13.9 Å². The van der Waals surface area contributed by atoms with E-state index in [1.54, 1.807) is 31.2 Å². The minimum Gasteiger partial charge on any atom is -0.352 e. The quantitative estimate of drug-likeness (QED) is 0.498. The number of halogens is 1. The zero-order chi connectivity index (χ0) is 24.8. The van der Waals surface area contributed by atoms with Crippen LogP contribution in [0.15, 0.2) is 53.0 Å². The third-order valence-electron chi connectivity index (χ3n) is 5.44. The third kappa shape index (κ3) is 7.85. The van der Waals surface area contributed by atoms with Gasteiger partial charge in [-0.2, -0.15) is 0 Å². The Bertz CT molecular complexity index is 1060. The van der Waals surface area contributed by atoms with Crippen LogP contribution in [0.4, 0.5) is 5.69 Å². The number of amides is 2. The maximum Gasteiger partial charge on any atom is 0.244 e. The van der Waals surface area contributed by atoms with Crippen LogP contribution in [0.5, 0.6) is 0 Å². The number of nitrogens with zero attached hydrogens (tertiary/aromatic N) is 2. The molecule has 0 saturated carbocycles. The van der Waals surface area contributed by atoms with Gasteiger partial charge in [-0.15, -0.1) is 0 Å². The van der Waals surface area contributed by atoms with Crippen molar-refractivity contribution in [3.8, 4) is 0 Å². The summed E-state index contributed by atoms with van der Waals surface area (Å²) in [6.07, 6.45) is 1.83. The van der Waals surface area contributed by atoms with Crippen molar-refractivity contribution in [1.29, 1.82) is 0 Å². The van der Waals surface area contributed by atoms with Crippen LogP contribution in [0.1, 0.15) is 38.3 Å². The van der Waals surface area contributed by atoms with E-state index < -0.39 is 28.5 Å². The molecule has 0 unspecified atom stereocenters. The fourth-order valence-electron chi connectivity index (χ4n) is 3.16. The molecule has 0 aliphatic rings. The molecule has 33 heavy (non-hydrogen) atoms. The van der Waals surface area contributed by atoms with Crippen molar-refractivity contribution in [1.82, 2.24) is 10.2 Å². The molecular formula is C24H32BrN3O4S. The van der Waals surface area contributed by atoms with E-state index in [2.05, 4.69) is 21.2 Å². The zero-order valence-electron chi connectivity index (χ0n) is 19.7. The SMILES string of the molecule is CC[C@@H](C)NC(=O)[C@H](C)N(Cc1ccc(Br)cc1)C(=O)CN(c1ccc(C)cc1)S(C)(=O)=O. The summed E-state index contributed by atoms with van der Waals surface area (Å²) in [5.74, 6) is -0.744. The molecule has 1 N–H and O–H groups in total. The van der Waals surface area contributed by atoms with Crippen molar-refractivity contribution in [2.24, 2.45) is 0 Å². The smallest absolute Gasteiger partial charge is 0.244 e. The van der Waals surface area contributed by atoms with Crippen molar-refractivity contribution in [3.05, 3.63) is 64.1 Å². The van der Waals surface area contributed by atoms with Gasteiger partial charge in [0.15, 0.2) is 0 Å². The van der Waals surface area contributed by atoms with Crippen LogP contribution in [0.25, 0.3) is 0 Å². The van der Waals surface area contributed by atoms with Gasteiger partial charge in [-0.25, -0.2) is 8.42 Å². The van der Waals surface area contributed by atoms with Crippen LogP contribution in [0.2, 0.25) is 0 Å². The minimum absolute atomic E-state index is 0.0374. The van der Waals surface area contributed by atoms with Crippen molar-refractivity contribution < 1.29 is 18.0 Å². The van der Waals surface area contributed by atoms with E-state index in [1.165, 1.54) is 4.90 Å². The monoisotopic (exact) mass is 537 g/mol. The van der Waals surface area contributed by atoms with Crippen molar-refractivity contribution in [3.63, 3.8) is 0 Å².